The smallest absolute Gasteiger partial charge is 0.216 e. The van der Waals surface area contributed by atoms with Gasteiger partial charge in [-0.2, -0.15) is 5.10 Å². The quantitative estimate of drug-likeness (QED) is 0.766. The molecule has 2 heterocycles. The number of aromatic nitrogens is 4. The van der Waals surface area contributed by atoms with Gasteiger partial charge in [0.25, 0.3) is 5.95 Å². The highest BCUT2D eigenvalue weighted by Crippen LogP contribution is 2.08. The van der Waals surface area contributed by atoms with Crippen LogP contribution in [0.2, 0.25) is 0 Å². The van der Waals surface area contributed by atoms with E-state index in [4.69, 9.17) is 0 Å². The SMILES string of the molecule is Cc1cc(C)nc(-n2nc(C)cc2C)n1.Cl. The van der Waals surface area contributed by atoms with Gasteiger partial charge in [0.1, 0.15) is 0 Å². The molecule has 0 bridgehead atoms. The monoisotopic (exact) mass is 238 g/mol. The first-order chi connectivity index (χ1) is 7.06. The molecule has 0 aromatic carbocycles. The summed E-state index contributed by atoms with van der Waals surface area (Å²) in [6.45, 7) is 7.89. The van der Waals surface area contributed by atoms with E-state index in [2.05, 4.69) is 15.1 Å². The molecular weight excluding hydrogens is 224 g/mol. The summed E-state index contributed by atoms with van der Waals surface area (Å²) in [6.07, 6.45) is 0. The van der Waals surface area contributed by atoms with Crippen LogP contribution in [0.4, 0.5) is 0 Å². The maximum atomic E-state index is 4.37. The van der Waals surface area contributed by atoms with Gasteiger partial charge in [0.15, 0.2) is 0 Å². The van der Waals surface area contributed by atoms with Crippen molar-refractivity contribution in [2.24, 2.45) is 0 Å². The molecule has 0 N–H and O–H groups in total. The lowest BCUT2D eigenvalue weighted by molar-refractivity contribution is 0.763. The highest BCUT2D eigenvalue weighted by Gasteiger charge is 2.07. The average molecular weight is 239 g/mol. The third-order valence-corrected chi connectivity index (χ3v) is 2.17. The van der Waals surface area contributed by atoms with Gasteiger partial charge < -0.3 is 0 Å². The second kappa shape index (κ2) is 4.61. The summed E-state index contributed by atoms with van der Waals surface area (Å²) in [5, 5.41) is 4.35. The molecule has 4 nitrogen and oxygen atoms in total. The number of nitrogens with zero attached hydrogens (tertiary/aromatic N) is 4. The number of hydrogen-bond donors (Lipinski definition) is 0. The minimum absolute atomic E-state index is 0. The second-order valence-electron chi connectivity index (χ2n) is 3.79. The van der Waals surface area contributed by atoms with Crippen LogP contribution in [0.5, 0.6) is 0 Å². The van der Waals surface area contributed by atoms with Crippen LogP contribution in [0, 0.1) is 27.7 Å². The molecule has 16 heavy (non-hydrogen) atoms. The number of hydrogen-bond acceptors (Lipinski definition) is 3. The van der Waals surface area contributed by atoms with Gasteiger partial charge in [-0.25, -0.2) is 14.6 Å². The Balaban J connectivity index is 0.00000128. The van der Waals surface area contributed by atoms with E-state index in [1.54, 1.807) is 4.68 Å². The van der Waals surface area contributed by atoms with Crippen molar-refractivity contribution in [3.63, 3.8) is 0 Å². The van der Waals surface area contributed by atoms with Gasteiger partial charge >= 0.3 is 0 Å². The first-order valence-corrected chi connectivity index (χ1v) is 4.92. The maximum absolute atomic E-state index is 4.37. The first-order valence-electron chi connectivity index (χ1n) is 4.92. The fraction of sp³-hybridized carbons (Fsp3) is 0.364. The van der Waals surface area contributed by atoms with Gasteiger partial charge in [-0.3, -0.25) is 0 Å². The lowest BCUT2D eigenvalue weighted by atomic mass is 10.3. The molecular formula is C11H15ClN4. The molecule has 0 aliphatic heterocycles. The molecule has 86 valence electrons. The average Bonchev–Trinajstić information content (AvgIpc) is 2.43. The predicted molar refractivity (Wildman–Crippen MR) is 65.4 cm³/mol. The minimum atomic E-state index is 0. The summed E-state index contributed by atoms with van der Waals surface area (Å²) in [7, 11) is 0. The maximum Gasteiger partial charge on any atom is 0.251 e. The van der Waals surface area contributed by atoms with Crippen LogP contribution in [-0.4, -0.2) is 19.7 Å². The molecule has 2 aromatic heterocycles. The molecule has 2 aromatic rings. The van der Waals surface area contributed by atoms with E-state index < -0.39 is 0 Å². The molecule has 0 atom stereocenters. The summed E-state index contributed by atoms with van der Waals surface area (Å²) in [4.78, 5) is 8.74. The topological polar surface area (TPSA) is 43.6 Å². The third kappa shape index (κ3) is 2.39. The molecule has 0 fully saturated rings. The van der Waals surface area contributed by atoms with Crippen molar-refractivity contribution in [1.29, 1.82) is 0 Å². The number of aryl methyl sites for hydroxylation is 4. The minimum Gasteiger partial charge on any atom is -0.216 e. The molecule has 0 aliphatic carbocycles. The Kier molecular flexibility index (Phi) is 3.65. The molecule has 0 radical (unpaired) electrons. The van der Waals surface area contributed by atoms with E-state index in [0.29, 0.717) is 5.95 Å². The van der Waals surface area contributed by atoms with E-state index in [1.165, 1.54) is 0 Å². The van der Waals surface area contributed by atoms with Crippen molar-refractivity contribution in [3.05, 3.63) is 34.9 Å². The summed E-state index contributed by atoms with van der Waals surface area (Å²) in [5.74, 6) is 0.651. The number of rotatable bonds is 1. The largest absolute Gasteiger partial charge is 0.251 e. The van der Waals surface area contributed by atoms with Crippen LogP contribution in [0.25, 0.3) is 5.95 Å². The summed E-state index contributed by atoms with van der Waals surface area (Å²) in [6, 6.07) is 3.97. The Bertz CT molecular complexity index is 484. The fourth-order valence-electron chi connectivity index (χ4n) is 1.63. The summed E-state index contributed by atoms with van der Waals surface area (Å²) >= 11 is 0. The summed E-state index contributed by atoms with van der Waals surface area (Å²) < 4.78 is 1.77. The van der Waals surface area contributed by atoms with Gasteiger partial charge in [0, 0.05) is 17.1 Å². The third-order valence-electron chi connectivity index (χ3n) is 2.17. The molecule has 0 aliphatic rings. The highest BCUT2D eigenvalue weighted by atomic mass is 35.5. The molecule has 0 saturated heterocycles. The standard InChI is InChI=1S/C11H14N4.ClH/c1-7-5-8(2)13-11(12-7)15-10(4)6-9(3)14-15;/h5-6H,1-4H3;1H. The van der Waals surface area contributed by atoms with Crippen LogP contribution in [-0.2, 0) is 0 Å². The van der Waals surface area contributed by atoms with E-state index >= 15 is 0 Å². The van der Waals surface area contributed by atoms with E-state index in [9.17, 15) is 0 Å². The molecule has 0 unspecified atom stereocenters. The van der Waals surface area contributed by atoms with Gasteiger partial charge in [-0.05, 0) is 39.8 Å². The predicted octanol–water partition coefficient (Wildman–Crippen LogP) is 2.32. The van der Waals surface area contributed by atoms with E-state index in [-0.39, 0.29) is 12.4 Å². The molecule has 0 saturated carbocycles. The Morgan fingerprint density at radius 1 is 0.875 bits per heavy atom. The molecule has 0 amide bonds. The zero-order valence-corrected chi connectivity index (χ0v) is 10.7. The molecule has 0 spiro atoms. The molecule has 2 rings (SSSR count). The van der Waals surface area contributed by atoms with Crippen LogP contribution in [0.1, 0.15) is 22.8 Å². The van der Waals surface area contributed by atoms with Gasteiger partial charge in [-0.15, -0.1) is 12.4 Å². The van der Waals surface area contributed by atoms with Crippen molar-refractivity contribution in [1.82, 2.24) is 19.7 Å². The van der Waals surface area contributed by atoms with Crippen LogP contribution >= 0.6 is 12.4 Å². The zero-order valence-electron chi connectivity index (χ0n) is 9.85. The fourth-order valence-corrected chi connectivity index (χ4v) is 1.63. The van der Waals surface area contributed by atoms with Gasteiger partial charge in [0.05, 0.1) is 5.69 Å². The summed E-state index contributed by atoms with van der Waals surface area (Å²) in [5.41, 5.74) is 3.96. The van der Waals surface area contributed by atoms with Crippen molar-refractivity contribution in [2.75, 3.05) is 0 Å². The Hall–Kier alpha value is -1.42. The highest BCUT2D eigenvalue weighted by molar-refractivity contribution is 5.85. The Labute approximate surface area is 101 Å². The van der Waals surface area contributed by atoms with Crippen molar-refractivity contribution >= 4 is 12.4 Å². The van der Waals surface area contributed by atoms with Crippen molar-refractivity contribution in [3.8, 4) is 5.95 Å². The Morgan fingerprint density at radius 2 is 1.44 bits per heavy atom. The Morgan fingerprint density at radius 3 is 1.88 bits per heavy atom. The number of halogens is 1. The van der Waals surface area contributed by atoms with E-state index in [1.807, 2.05) is 39.8 Å². The van der Waals surface area contributed by atoms with E-state index in [0.717, 1.165) is 22.8 Å². The first kappa shape index (κ1) is 12.6. The van der Waals surface area contributed by atoms with Crippen LogP contribution in [0.3, 0.4) is 0 Å². The van der Waals surface area contributed by atoms with Crippen LogP contribution < -0.4 is 0 Å². The van der Waals surface area contributed by atoms with Crippen molar-refractivity contribution < 1.29 is 0 Å². The lowest BCUT2D eigenvalue weighted by Gasteiger charge is -2.04. The van der Waals surface area contributed by atoms with Crippen molar-refractivity contribution in [2.45, 2.75) is 27.7 Å². The second-order valence-corrected chi connectivity index (χ2v) is 3.79. The van der Waals surface area contributed by atoms with Gasteiger partial charge in [-0.1, -0.05) is 0 Å². The molecule has 5 heteroatoms. The van der Waals surface area contributed by atoms with Crippen LogP contribution in [0.15, 0.2) is 12.1 Å². The lowest BCUT2D eigenvalue weighted by Crippen LogP contribution is -2.06. The normalized spacial score (nSPS) is 10.0. The zero-order chi connectivity index (χ0) is 11.0. The van der Waals surface area contributed by atoms with Gasteiger partial charge in [0.2, 0.25) is 0 Å².